The van der Waals surface area contributed by atoms with Crippen LogP contribution in [0, 0.1) is 0 Å². The summed E-state index contributed by atoms with van der Waals surface area (Å²) in [6.45, 7) is 0.416. The predicted octanol–water partition coefficient (Wildman–Crippen LogP) is 2.54. The van der Waals surface area contributed by atoms with Crippen LogP contribution in [-0.2, 0) is 16.5 Å². The minimum atomic E-state index is -4.33. The van der Waals surface area contributed by atoms with Crippen LogP contribution in [0.1, 0.15) is 5.56 Å². The molecule has 1 aliphatic heterocycles. The first kappa shape index (κ1) is 13.9. The Morgan fingerprint density at radius 2 is 2.00 bits per heavy atom. The van der Waals surface area contributed by atoms with Gasteiger partial charge in [0.25, 0.3) is 10.1 Å². The van der Waals surface area contributed by atoms with E-state index in [2.05, 4.69) is 0 Å². The molecule has 0 radical (unpaired) electrons. The maximum Gasteiger partial charge on any atom is 0.298 e. The highest BCUT2D eigenvalue weighted by Gasteiger charge is 2.25. The van der Waals surface area contributed by atoms with Gasteiger partial charge in [-0.25, -0.2) is 0 Å². The second kappa shape index (κ2) is 5.05. The Balaban J connectivity index is 2.20. The third-order valence-corrected chi connectivity index (χ3v) is 4.29. The minimum Gasteiger partial charge on any atom is -0.497 e. The predicted molar refractivity (Wildman–Crippen MR) is 77.4 cm³/mol. The van der Waals surface area contributed by atoms with Crippen molar-refractivity contribution in [2.24, 2.45) is 0 Å². The van der Waals surface area contributed by atoms with Gasteiger partial charge in [-0.15, -0.1) is 0 Å². The summed E-state index contributed by atoms with van der Waals surface area (Å²) < 4.78 is 43.0. The molecular weight excluding hydrogens is 292 g/mol. The van der Waals surface area contributed by atoms with Gasteiger partial charge in [0.15, 0.2) is 0 Å². The highest BCUT2D eigenvalue weighted by atomic mass is 32.2. The van der Waals surface area contributed by atoms with Crippen LogP contribution >= 0.6 is 0 Å². The van der Waals surface area contributed by atoms with Gasteiger partial charge in [-0.3, -0.25) is 4.55 Å². The number of hydrogen-bond acceptors (Lipinski definition) is 4. The van der Waals surface area contributed by atoms with Gasteiger partial charge in [0.1, 0.15) is 16.4 Å². The molecule has 0 aliphatic carbocycles. The molecule has 0 unspecified atom stereocenters. The number of hydrogen-bond donors (Lipinski definition) is 1. The lowest BCUT2D eigenvalue weighted by Crippen LogP contribution is -2.01. The Morgan fingerprint density at radius 3 is 2.71 bits per heavy atom. The maximum absolute atomic E-state index is 11.6. The summed E-state index contributed by atoms with van der Waals surface area (Å²) in [5.41, 5.74) is 2.29. The summed E-state index contributed by atoms with van der Waals surface area (Å²) in [7, 11) is -2.76. The summed E-state index contributed by atoms with van der Waals surface area (Å²) in [6, 6.07) is 10.6. The summed E-state index contributed by atoms with van der Waals surface area (Å²) in [5, 5.41) is 0. The lowest BCUT2D eigenvalue weighted by Gasteiger charge is -2.10. The van der Waals surface area contributed by atoms with Crippen molar-refractivity contribution in [2.75, 3.05) is 13.7 Å². The van der Waals surface area contributed by atoms with Crippen molar-refractivity contribution < 1.29 is 22.4 Å². The molecule has 110 valence electrons. The van der Waals surface area contributed by atoms with E-state index in [9.17, 15) is 13.0 Å². The standard InChI is InChI=1S/C15H14O5S/c1-19-13-4-2-3-10(8-13)12-7-11-5-6-20-15(11)14(9-12)21(16,17)18/h2-4,7-9H,5-6H2,1H3,(H,16,17,18). The van der Waals surface area contributed by atoms with Crippen LogP contribution in [-0.4, -0.2) is 26.7 Å². The fourth-order valence-corrected chi connectivity index (χ4v) is 3.13. The average Bonchev–Trinajstić information content (AvgIpc) is 2.93. The minimum absolute atomic E-state index is 0.185. The Hall–Kier alpha value is -2.05. The largest absolute Gasteiger partial charge is 0.497 e. The van der Waals surface area contributed by atoms with Crippen molar-refractivity contribution in [3.05, 3.63) is 42.0 Å². The molecular formula is C15H14O5S. The fourth-order valence-electron chi connectivity index (χ4n) is 2.43. The van der Waals surface area contributed by atoms with Crippen LogP contribution in [0.4, 0.5) is 0 Å². The Bertz CT molecular complexity index is 796. The summed E-state index contributed by atoms with van der Waals surface area (Å²) in [5.74, 6) is 0.932. The van der Waals surface area contributed by atoms with Crippen LogP contribution < -0.4 is 9.47 Å². The normalized spacial score (nSPS) is 13.6. The molecule has 0 aromatic heterocycles. The van der Waals surface area contributed by atoms with Gasteiger partial charge >= 0.3 is 0 Å². The quantitative estimate of drug-likeness (QED) is 0.882. The van der Waals surface area contributed by atoms with E-state index in [4.69, 9.17) is 9.47 Å². The molecule has 0 saturated heterocycles. The van der Waals surface area contributed by atoms with E-state index < -0.39 is 10.1 Å². The zero-order valence-corrected chi connectivity index (χ0v) is 12.2. The second-order valence-electron chi connectivity index (χ2n) is 4.77. The first-order valence-electron chi connectivity index (χ1n) is 6.40. The molecule has 5 nitrogen and oxygen atoms in total. The van der Waals surface area contributed by atoms with Crippen LogP contribution in [0.15, 0.2) is 41.3 Å². The average molecular weight is 306 g/mol. The van der Waals surface area contributed by atoms with Gasteiger partial charge < -0.3 is 9.47 Å². The number of ether oxygens (including phenoxy) is 2. The summed E-state index contributed by atoms with van der Waals surface area (Å²) >= 11 is 0. The van der Waals surface area contributed by atoms with E-state index in [1.165, 1.54) is 6.07 Å². The van der Waals surface area contributed by atoms with E-state index in [1.807, 2.05) is 30.3 Å². The zero-order chi connectivity index (χ0) is 15.0. The van der Waals surface area contributed by atoms with E-state index in [0.717, 1.165) is 11.1 Å². The Kier molecular flexibility index (Phi) is 3.35. The van der Waals surface area contributed by atoms with Crippen molar-refractivity contribution in [3.8, 4) is 22.6 Å². The molecule has 0 fully saturated rings. The van der Waals surface area contributed by atoms with Crippen LogP contribution in [0.25, 0.3) is 11.1 Å². The van der Waals surface area contributed by atoms with Crippen molar-refractivity contribution in [1.29, 1.82) is 0 Å². The lowest BCUT2D eigenvalue weighted by atomic mass is 10.0. The van der Waals surface area contributed by atoms with Gasteiger partial charge in [0.05, 0.1) is 13.7 Å². The monoisotopic (exact) mass is 306 g/mol. The number of fused-ring (bicyclic) bond motifs is 1. The van der Waals surface area contributed by atoms with Crippen molar-refractivity contribution in [3.63, 3.8) is 0 Å². The molecule has 0 saturated carbocycles. The molecule has 21 heavy (non-hydrogen) atoms. The highest BCUT2D eigenvalue weighted by Crippen LogP contribution is 2.37. The van der Waals surface area contributed by atoms with E-state index in [-0.39, 0.29) is 10.6 Å². The highest BCUT2D eigenvalue weighted by molar-refractivity contribution is 7.86. The third-order valence-electron chi connectivity index (χ3n) is 3.43. The van der Waals surface area contributed by atoms with Gasteiger partial charge in [0.2, 0.25) is 0 Å². The molecule has 1 aliphatic rings. The zero-order valence-electron chi connectivity index (χ0n) is 11.4. The molecule has 0 bridgehead atoms. The van der Waals surface area contributed by atoms with Crippen molar-refractivity contribution in [2.45, 2.75) is 11.3 Å². The summed E-state index contributed by atoms with van der Waals surface area (Å²) in [6.07, 6.45) is 0.621. The Labute approximate surface area is 122 Å². The van der Waals surface area contributed by atoms with Crippen molar-refractivity contribution in [1.82, 2.24) is 0 Å². The maximum atomic E-state index is 11.6. The van der Waals surface area contributed by atoms with E-state index in [0.29, 0.717) is 24.3 Å². The van der Waals surface area contributed by atoms with E-state index in [1.54, 1.807) is 7.11 Å². The molecule has 0 atom stereocenters. The van der Waals surface area contributed by atoms with Gasteiger partial charge in [-0.05, 0) is 41.0 Å². The Morgan fingerprint density at radius 1 is 1.19 bits per heavy atom. The molecule has 2 aromatic carbocycles. The molecule has 6 heteroatoms. The van der Waals surface area contributed by atoms with Gasteiger partial charge in [0, 0.05) is 6.42 Å². The number of benzene rings is 2. The number of methoxy groups -OCH3 is 1. The summed E-state index contributed by atoms with van der Waals surface area (Å²) in [4.78, 5) is -0.185. The van der Waals surface area contributed by atoms with Gasteiger partial charge in [-0.1, -0.05) is 12.1 Å². The molecule has 0 amide bonds. The molecule has 3 rings (SSSR count). The SMILES string of the molecule is COc1cccc(-c2cc3c(c(S(=O)(=O)O)c2)OCC3)c1. The molecule has 1 heterocycles. The van der Waals surface area contributed by atoms with Crippen LogP contribution in [0.3, 0.4) is 0 Å². The van der Waals surface area contributed by atoms with Crippen LogP contribution in [0.5, 0.6) is 11.5 Å². The molecule has 2 aromatic rings. The molecule has 1 N–H and O–H groups in total. The molecule has 0 spiro atoms. The van der Waals surface area contributed by atoms with Crippen LogP contribution in [0.2, 0.25) is 0 Å². The first-order valence-corrected chi connectivity index (χ1v) is 7.84. The number of rotatable bonds is 3. The topological polar surface area (TPSA) is 72.8 Å². The third kappa shape index (κ3) is 2.59. The first-order chi connectivity index (χ1) is 9.99. The fraction of sp³-hybridized carbons (Fsp3) is 0.200. The second-order valence-corrected chi connectivity index (χ2v) is 6.16. The lowest BCUT2D eigenvalue weighted by molar-refractivity contribution is 0.346. The smallest absolute Gasteiger partial charge is 0.298 e. The van der Waals surface area contributed by atoms with Crippen molar-refractivity contribution >= 4 is 10.1 Å². The van der Waals surface area contributed by atoms with Gasteiger partial charge in [-0.2, -0.15) is 8.42 Å². The van der Waals surface area contributed by atoms with E-state index >= 15 is 0 Å².